The molecule has 0 unspecified atom stereocenters. The van der Waals surface area contributed by atoms with Crippen LogP contribution in [0.1, 0.15) is 39.5 Å². The number of fused-ring (bicyclic) bond motifs is 1. The molecule has 4 aromatic rings. The van der Waals surface area contributed by atoms with Crippen LogP contribution in [-0.4, -0.2) is 42.5 Å². The predicted octanol–water partition coefficient (Wildman–Crippen LogP) is 5.39. The van der Waals surface area contributed by atoms with Crippen LogP contribution < -0.4 is 4.90 Å². The van der Waals surface area contributed by atoms with Crippen LogP contribution in [0.3, 0.4) is 0 Å². The van der Waals surface area contributed by atoms with Crippen LogP contribution in [0.15, 0.2) is 48.1 Å². The van der Waals surface area contributed by atoms with Crippen LogP contribution in [0.2, 0.25) is 0 Å². The number of amides is 1. The molecule has 1 aliphatic carbocycles. The highest BCUT2D eigenvalue weighted by Crippen LogP contribution is 2.39. The molecule has 1 N–H and O–H groups in total. The average Bonchev–Trinajstić information content (AvgIpc) is 3.44. The zero-order chi connectivity index (χ0) is 25.4. The largest absolute Gasteiger partial charge is 0.481 e. The van der Waals surface area contributed by atoms with Gasteiger partial charge in [-0.2, -0.15) is 0 Å². The number of carbonyl (C=O) groups excluding carboxylic acids is 1. The Labute approximate surface area is 213 Å². The molecule has 5 rings (SSSR count). The first kappa shape index (κ1) is 24.1. The summed E-state index contributed by atoms with van der Waals surface area (Å²) in [5.74, 6) is -1.42. The third-order valence-corrected chi connectivity index (χ3v) is 7.26. The van der Waals surface area contributed by atoms with Crippen molar-refractivity contribution in [1.82, 2.24) is 19.5 Å². The third kappa shape index (κ3) is 4.88. The number of carboxylic acid groups (broad SMARTS) is 1. The van der Waals surface area contributed by atoms with Crippen molar-refractivity contribution in [2.24, 2.45) is 18.9 Å². The van der Waals surface area contributed by atoms with Gasteiger partial charge in [0.05, 0.1) is 24.0 Å². The molecule has 3 heterocycles. The summed E-state index contributed by atoms with van der Waals surface area (Å²) in [5.41, 5.74) is 4.99. The second kappa shape index (κ2) is 9.81. The number of thiazole rings is 1. The van der Waals surface area contributed by atoms with Gasteiger partial charge in [-0.05, 0) is 31.2 Å². The van der Waals surface area contributed by atoms with Gasteiger partial charge in [-0.1, -0.05) is 38.1 Å². The van der Waals surface area contributed by atoms with E-state index in [1.807, 2.05) is 67.4 Å². The molecule has 0 radical (unpaired) electrons. The number of carboxylic acids is 1. The molecule has 0 spiro atoms. The Morgan fingerprint density at radius 1 is 1.14 bits per heavy atom. The van der Waals surface area contributed by atoms with Gasteiger partial charge >= 0.3 is 5.97 Å². The first-order valence-electron chi connectivity index (χ1n) is 12.2. The topological polar surface area (TPSA) is 101 Å². The Kier molecular flexibility index (Phi) is 6.57. The van der Waals surface area contributed by atoms with Gasteiger partial charge in [0.25, 0.3) is 0 Å². The van der Waals surface area contributed by atoms with Crippen LogP contribution in [0.4, 0.5) is 5.13 Å². The van der Waals surface area contributed by atoms with Gasteiger partial charge in [-0.25, -0.2) is 15.0 Å². The normalized spacial score (nSPS) is 14.3. The lowest BCUT2D eigenvalue weighted by atomic mass is 9.93. The smallest absolute Gasteiger partial charge is 0.304 e. The summed E-state index contributed by atoms with van der Waals surface area (Å²) in [6.07, 6.45) is 5.90. The molecule has 1 atom stereocenters. The van der Waals surface area contributed by atoms with E-state index in [1.165, 1.54) is 11.3 Å². The Bertz CT molecular complexity index is 1420. The fourth-order valence-electron chi connectivity index (χ4n) is 4.60. The van der Waals surface area contributed by atoms with E-state index in [2.05, 4.69) is 4.98 Å². The SMILES string of the molecule is CC(C)C[C@H](CC(=O)O)C(=O)N(c1nc(-c2ccccc2-c2cnc3c(ccn3C)n2)cs1)C1CC1. The van der Waals surface area contributed by atoms with Gasteiger partial charge in [0, 0.05) is 41.7 Å². The minimum atomic E-state index is -0.949. The van der Waals surface area contributed by atoms with Crippen molar-refractivity contribution in [2.45, 2.75) is 45.6 Å². The molecule has 0 bridgehead atoms. The van der Waals surface area contributed by atoms with Gasteiger partial charge in [0.15, 0.2) is 10.8 Å². The summed E-state index contributed by atoms with van der Waals surface area (Å²) >= 11 is 1.42. The van der Waals surface area contributed by atoms with E-state index in [9.17, 15) is 14.7 Å². The number of rotatable bonds is 9. The lowest BCUT2D eigenvalue weighted by Crippen LogP contribution is -2.39. The van der Waals surface area contributed by atoms with E-state index in [0.717, 1.165) is 46.5 Å². The van der Waals surface area contributed by atoms with E-state index in [4.69, 9.17) is 9.97 Å². The van der Waals surface area contributed by atoms with Crippen molar-refractivity contribution >= 4 is 39.5 Å². The number of aliphatic carboxylic acids is 1. The molecule has 1 aliphatic rings. The zero-order valence-corrected chi connectivity index (χ0v) is 21.4. The molecular weight excluding hydrogens is 474 g/mol. The molecule has 0 aliphatic heterocycles. The molecule has 3 aromatic heterocycles. The molecule has 9 heteroatoms. The molecule has 1 fully saturated rings. The highest BCUT2D eigenvalue weighted by atomic mass is 32.1. The van der Waals surface area contributed by atoms with Crippen molar-refractivity contribution in [3.8, 4) is 22.5 Å². The third-order valence-electron chi connectivity index (χ3n) is 6.42. The lowest BCUT2D eigenvalue weighted by Gasteiger charge is -2.25. The van der Waals surface area contributed by atoms with E-state index in [-0.39, 0.29) is 24.3 Å². The Balaban J connectivity index is 1.48. The standard InChI is InChI=1S/C27H29N5O3S/c1-16(2)12-17(13-24(33)34)26(35)32(18-8-9-18)27-30-23(15-36-27)20-7-5-4-6-19(20)22-14-28-25-21(29-22)10-11-31(25)3/h4-7,10-11,14-18H,8-9,12-13H2,1-3H3,(H,33,34)/t17-/m1/s1. The molecule has 1 aromatic carbocycles. The highest BCUT2D eigenvalue weighted by Gasteiger charge is 2.39. The number of nitrogens with zero attached hydrogens (tertiary/aromatic N) is 5. The molecule has 186 valence electrons. The fourth-order valence-corrected chi connectivity index (χ4v) is 5.50. The minimum absolute atomic E-state index is 0.0848. The number of benzene rings is 1. The number of carbonyl (C=O) groups is 2. The first-order valence-corrected chi connectivity index (χ1v) is 13.1. The van der Waals surface area contributed by atoms with Gasteiger partial charge in [0.2, 0.25) is 5.91 Å². The van der Waals surface area contributed by atoms with Crippen molar-refractivity contribution in [3.05, 3.63) is 48.1 Å². The molecule has 0 saturated heterocycles. The number of aryl methyl sites for hydroxylation is 1. The summed E-state index contributed by atoms with van der Waals surface area (Å²) in [7, 11) is 1.94. The molecule has 36 heavy (non-hydrogen) atoms. The summed E-state index contributed by atoms with van der Waals surface area (Å²) in [6, 6.07) is 9.95. The van der Waals surface area contributed by atoms with E-state index in [0.29, 0.717) is 11.6 Å². The van der Waals surface area contributed by atoms with Crippen molar-refractivity contribution in [1.29, 1.82) is 0 Å². The number of anilines is 1. The second-order valence-corrected chi connectivity index (χ2v) is 10.7. The highest BCUT2D eigenvalue weighted by molar-refractivity contribution is 7.14. The quantitative estimate of drug-likeness (QED) is 0.329. The van der Waals surface area contributed by atoms with Crippen molar-refractivity contribution in [3.63, 3.8) is 0 Å². The number of hydrogen-bond acceptors (Lipinski definition) is 6. The maximum Gasteiger partial charge on any atom is 0.304 e. The molecule has 1 amide bonds. The van der Waals surface area contributed by atoms with E-state index >= 15 is 0 Å². The number of aromatic nitrogens is 4. The van der Waals surface area contributed by atoms with Gasteiger partial charge < -0.3 is 9.67 Å². The van der Waals surface area contributed by atoms with Crippen LogP contribution in [-0.2, 0) is 16.6 Å². The fraction of sp³-hybridized carbons (Fsp3) is 0.370. The zero-order valence-electron chi connectivity index (χ0n) is 20.6. The number of hydrogen-bond donors (Lipinski definition) is 1. The summed E-state index contributed by atoms with van der Waals surface area (Å²) in [6.45, 7) is 4.02. The monoisotopic (exact) mass is 503 g/mol. The summed E-state index contributed by atoms with van der Waals surface area (Å²) in [4.78, 5) is 41.1. The Morgan fingerprint density at radius 2 is 1.86 bits per heavy atom. The molecular formula is C27H29N5O3S. The molecule has 8 nitrogen and oxygen atoms in total. The van der Waals surface area contributed by atoms with Crippen LogP contribution in [0.25, 0.3) is 33.7 Å². The summed E-state index contributed by atoms with van der Waals surface area (Å²) in [5, 5.41) is 12.0. The first-order chi connectivity index (χ1) is 17.3. The Morgan fingerprint density at radius 3 is 2.53 bits per heavy atom. The summed E-state index contributed by atoms with van der Waals surface area (Å²) < 4.78 is 1.94. The van der Waals surface area contributed by atoms with Crippen molar-refractivity contribution in [2.75, 3.05) is 4.90 Å². The maximum atomic E-state index is 13.6. The van der Waals surface area contributed by atoms with Gasteiger partial charge in [-0.15, -0.1) is 11.3 Å². The lowest BCUT2D eigenvalue weighted by molar-refractivity contribution is -0.140. The van der Waals surface area contributed by atoms with Crippen molar-refractivity contribution < 1.29 is 14.7 Å². The van der Waals surface area contributed by atoms with E-state index in [1.54, 1.807) is 11.1 Å². The van der Waals surface area contributed by atoms with Gasteiger partial charge in [-0.3, -0.25) is 14.5 Å². The maximum absolute atomic E-state index is 13.6. The van der Waals surface area contributed by atoms with Crippen LogP contribution >= 0.6 is 11.3 Å². The molecule has 1 saturated carbocycles. The Hall–Kier alpha value is -3.59. The van der Waals surface area contributed by atoms with Gasteiger partial charge in [0.1, 0.15) is 5.52 Å². The van der Waals surface area contributed by atoms with Crippen LogP contribution in [0, 0.1) is 11.8 Å². The van der Waals surface area contributed by atoms with E-state index < -0.39 is 11.9 Å². The predicted molar refractivity (Wildman–Crippen MR) is 141 cm³/mol. The van der Waals surface area contributed by atoms with Crippen LogP contribution in [0.5, 0.6) is 0 Å². The minimum Gasteiger partial charge on any atom is -0.481 e. The average molecular weight is 504 g/mol. The second-order valence-electron chi connectivity index (χ2n) is 9.82.